The van der Waals surface area contributed by atoms with Crippen molar-refractivity contribution in [2.24, 2.45) is 0 Å². The maximum Gasteiger partial charge on any atom is 0.239 e. The van der Waals surface area contributed by atoms with Gasteiger partial charge in [-0.25, -0.2) is 4.39 Å². The lowest BCUT2D eigenvalue weighted by molar-refractivity contribution is -0.133. The molecule has 2 aromatic rings. The number of nitrogens with one attached hydrogen (secondary N) is 3. The number of piperazine rings is 1. The minimum absolute atomic E-state index is 0.0120. The molecule has 3 aliphatic rings. The molecule has 2 fully saturated rings. The molecule has 2 saturated heterocycles. The monoisotopic (exact) mass is 458 g/mol. The van der Waals surface area contributed by atoms with Crippen molar-refractivity contribution < 1.29 is 9.18 Å². The first kappa shape index (κ1) is 21.3. The fourth-order valence-corrected chi connectivity index (χ4v) is 4.95. The van der Waals surface area contributed by atoms with Crippen LogP contribution in [0.4, 0.5) is 21.5 Å². The molecule has 0 radical (unpaired) electrons. The van der Waals surface area contributed by atoms with Gasteiger partial charge in [-0.05, 0) is 56.6 Å². The number of carbonyl (C=O) groups is 1. The zero-order valence-corrected chi connectivity index (χ0v) is 18.8. The molecule has 170 valence electrons. The zero-order valence-electron chi connectivity index (χ0n) is 18.1. The maximum atomic E-state index is 14.5. The van der Waals surface area contributed by atoms with E-state index in [9.17, 15) is 9.18 Å². The van der Waals surface area contributed by atoms with Crippen molar-refractivity contribution in [1.82, 2.24) is 15.8 Å². The van der Waals surface area contributed by atoms with E-state index in [-0.39, 0.29) is 23.8 Å². The van der Waals surface area contributed by atoms with Crippen LogP contribution < -0.4 is 26.2 Å². The molecule has 0 spiro atoms. The zero-order chi connectivity index (χ0) is 22.2. The third-order valence-corrected chi connectivity index (χ3v) is 6.90. The lowest BCUT2D eigenvalue weighted by Crippen LogP contribution is -2.53. The van der Waals surface area contributed by atoms with E-state index < -0.39 is 0 Å². The Hall–Kier alpha value is -2.55. The molecule has 3 heterocycles. The molecule has 5 rings (SSSR count). The molecular weight excluding hydrogens is 431 g/mol. The SMILES string of the molecule is C[C@H](c1ccc(Cl)cc1F)N1NNc2ccc(N3CCN(C(=O)[C@H]4CCCN4)CC3)cc21. The molecule has 0 aliphatic carbocycles. The van der Waals surface area contributed by atoms with Gasteiger partial charge in [0.25, 0.3) is 0 Å². The summed E-state index contributed by atoms with van der Waals surface area (Å²) in [5.74, 6) is -0.0940. The van der Waals surface area contributed by atoms with Crippen molar-refractivity contribution in [3.05, 3.63) is 52.8 Å². The maximum absolute atomic E-state index is 14.5. The number of benzene rings is 2. The van der Waals surface area contributed by atoms with Gasteiger partial charge in [-0.2, -0.15) is 0 Å². The number of hydrogen-bond donors (Lipinski definition) is 3. The van der Waals surface area contributed by atoms with Gasteiger partial charge in [-0.3, -0.25) is 9.80 Å². The predicted octanol–water partition coefficient (Wildman–Crippen LogP) is 3.29. The number of nitrogens with zero attached hydrogens (tertiary/aromatic N) is 3. The van der Waals surface area contributed by atoms with Gasteiger partial charge in [0.2, 0.25) is 5.91 Å². The van der Waals surface area contributed by atoms with Gasteiger partial charge in [0, 0.05) is 42.5 Å². The molecule has 7 nitrogen and oxygen atoms in total. The van der Waals surface area contributed by atoms with Crippen LogP contribution in [-0.2, 0) is 4.79 Å². The summed E-state index contributed by atoms with van der Waals surface area (Å²) in [6.07, 6.45) is 2.01. The fraction of sp³-hybridized carbons (Fsp3) is 0.435. The van der Waals surface area contributed by atoms with Crippen molar-refractivity contribution in [2.75, 3.05) is 48.1 Å². The van der Waals surface area contributed by atoms with Crippen LogP contribution in [0.3, 0.4) is 0 Å². The van der Waals surface area contributed by atoms with Gasteiger partial charge < -0.3 is 20.5 Å². The van der Waals surface area contributed by atoms with E-state index in [1.807, 2.05) is 22.9 Å². The van der Waals surface area contributed by atoms with Gasteiger partial charge in [-0.15, -0.1) is 5.53 Å². The standard InChI is InChI=1S/C23H28ClFN6O/c1-15(18-6-4-16(24)13-19(18)25)31-22-14-17(5-7-20(22)27-28-31)29-9-11-30(12-10-29)23(32)21-3-2-8-26-21/h4-7,13-15,21,26-28H,2-3,8-12H2,1H3/t15-,21-/m1/s1. The molecule has 0 unspecified atom stereocenters. The van der Waals surface area contributed by atoms with Gasteiger partial charge in [-0.1, -0.05) is 17.7 Å². The third-order valence-electron chi connectivity index (χ3n) is 6.67. The number of rotatable bonds is 4. The topological polar surface area (TPSA) is 62.9 Å². The number of amides is 1. The number of fused-ring (bicyclic) bond motifs is 1. The summed E-state index contributed by atoms with van der Waals surface area (Å²) >= 11 is 5.92. The van der Waals surface area contributed by atoms with Crippen LogP contribution >= 0.6 is 11.6 Å². The van der Waals surface area contributed by atoms with Crippen LogP contribution in [0.15, 0.2) is 36.4 Å². The van der Waals surface area contributed by atoms with E-state index in [1.54, 1.807) is 12.1 Å². The number of hydrogen-bond acceptors (Lipinski definition) is 6. The quantitative estimate of drug-likeness (QED) is 0.653. The van der Waals surface area contributed by atoms with Crippen molar-refractivity contribution in [3.8, 4) is 0 Å². The van der Waals surface area contributed by atoms with Crippen LogP contribution in [0, 0.1) is 5.82 Å². The molecule has 2 aromatic carbocycles. The van der Waals surface area contributed by atoms with E-state index >= 15 is 0 Å². The normalized spacial score (nSPS) is 21.5. The Kier molecular flexibility index (Phi) is 5.84. The molecule has 3 N–H and O–H groups in total. The van der Waals surface area contributed by atoms with E-state index in [1.165, 1.54) is 6.07 Å². The first-order valence-corrected chi connectivity index (χ1v) is 11.6. The Bertz CT molecular complexity index is 1010. The van der Waals surface area contributed by atoms with Gasteiger partial charge in [0.05, 0.1) is 23.5 Å². The minimum atomic E-state index is -0.325. The lowest BCUT2D eigenvalue weighted by Gasteiger charge is -2.37. The van der Waals surface area contributed by atoms with Crippen LogP contribution in [0.5, 0.6) is 0 Å². The highest BCUT2D eigenvalue weighted by molar-refractivity contribution is 6.30. The average Bonchev–Trinajstić information content (AvgIpc) is 3.48. The first-order valence-electron chi connectivity index (χ1n) is 11.2. The molecule has 0 bridgehead atoms. The van der Waals surface area contributed by atoms with Crippen LogP contribution in [0.2, 0.25) is 5.02 Å². The molecule has 0 saturated carbocycles. The van der Waals surface area contributed by atoms with Crippen molar-refractivity contribution in [1.29, 1.82) is 0 Å². The van der Waals surface area contributed by atoms with E-state index in [2.05, 4.69) is 33.3 Å². The molecule has 9 heteroatoms. The predicted molar refractivity (Wildman–Crippen MR) is 125 cm³/mol. The highest BCUT2D eigenvalue weighted by atomic mass is 35.5. The van der Waals surface area contributed by atoms with E-state index in [0.717, 1.165) is 62.6 Å². The van der Waals surface area contributed by atoms with Crippen LogP contribution in [0.1, 0.15) is 31.4 Å². The molecule has 2 atom stereocenters. The second-order valence-electron chi connectivity index (χ2n) is 8.61. The second kappa shape index (κ2) is 8.77. The van der Waals surface area contributed by atoms with Crippen LogP contribution in [0.25, 0.3) is 0 Å². The fourth-order valence-electron chi connectivity index (χ4n) is 4.79. The van der Waals surface area contributed by atoms with E-state index in [0.29, 0.717) is 10.6 Å². The Labute approximate surface area is 192 Å². The molecule has 32 heavy (non-hydrogen) atoms. The summed E-state index contributed by atoms with van der Waals surface area (Å²) < 4.78 is 14.5. The lowest BCUT2D eigenvalue weighted by atomic mass is 10.1. The molecule has 1 amide bonds. The molecule has 0 aromatic heterocycles. The number of halogens is 2. The van der Waals surface area contributed by atoms with Crippen molar-refractivity contribution in [2.45, 2.75) is 31.8 Å². The summed E-state index contributed by atoms with van der Waals surface area (Å²) in [6, 6.07) is 10.7. The molecular formula is C23H28ClFN6O. The van der Waals surface area contributed by atoms with Crippen molar-refractivity contribution in [3.63, 3.8) is 0 Å². The average molecular weight is 459 g/mol. The summed E-state index contributed by atoms with van der Waals surface area (Å²) in [7, 11) is 0. The first-order chi connectivity index (χ1) is 15.5. The highest BCUT2D eigenvalue weighted by Gasteiger charge is 2.31. The Morgan fingerprint density at radius 2 is 1.97 bits per heavy atom. The summed E-state index contributed by atoms with van der Waals surface area (Å²) in [5, 5.41) is 5.61. The largest absolute Gasteiger partial charge is 0.368 e. The highest BCUT2D eigenvalue weighted by Crippen LogP contribution is 2.38. The van der Waals surface area contributed by atoms with Crippen LogP contribution in [-0.4, -0.2) is 49.6 Å². The summed E-state index contributed by atoms with van der Waals surface area (Å²) in [4.78, 5) is 17.0. The second-order valence-corrected chi connectivity index (χ2v) is 9.05. The van der Waals surface area contributed by atoms with Gasteiger partial charge in [0.15, 0.2) is 0 Å². The number of hydrazine groups is 2. The Morgan fingerprint density at radius 1 is 1.16 bits per heavy atom. The number of carbonyl (C=O) groups excluding carboxylic acids is 1. The summed E-state index contributed by atoms with van der Waals surface area (Å²) in [5.41, 5.74) is 9.87. The van der Waals surface area contributed by atoms with Crippen molar-refractivity contribution >= 4 is 34.6 Å². The Morgan fingerprint density at radius 3 is 2.69 bits per heavy atom. The summed E-state index contributed by atoms with van der Waals surface area (Å²) in [6.45, 7) is 5.91. The minimum Gasteiger partial charge on any atom is -0.368 e. The number of anilines is 3. The Balaban J connectivity index is 1.29. The van der Waals surface area contributed by atoms with Gasteiger partial charge in [0.1, 0.15) is 5.82 Å². The smallest absolute Gasteiger partial charge is 0.239 e. The van der Waals surface area contributed by atoms with E-state index in [4.69, 9.17) is 11.6 Å². The van der Waals surface area contributed by atoms with Gasteiger partial charge >= 0.3 is 0 Å². The third kappa shape index (κ3) is 3.98. The molecule has 3 aliphatic heterocycles.